The zero-order valence-corrected chi connectivity index (χ0v) is 14.9. The number of aromatic nitrogens is 1. The van der Waals surface area contributed by atoms with Gasteiger partial charge in [-0.05, 0) is 35.4 Å². The molecule has 0 aliphatic carbocycles. The third kappa shape index (κ3) is 6.05. The molecule has 0 radical (unpaired) electrons. The summed E-state index contributed by atoms with van der Waals surface area (Å²) in [4.78, 5) is 29.7. The van der Waals surface area contributed by atoms with Gasteiger partial charge in [-0.25, -0.2) is 0 Å². The van der Waals surface area contributed by atoms with Crippen LogP contribution >= 0.6 is 0 Å². The van der Waals surface area contributed by atoms with E-state index in [1.165, 1.54) is 13.2 Å². The first-order chi connectivity index (χ1) is 12.6. The van der Waals surface area contributed by atoms with Crippen LogP contribution in [0.3, 0.4) is 0 Å². The number of carbonyl (C=O) groups is 2. The van der Waals surface area contributed by atoms with Crippen molar-refractivity contribution in [2.75, 3.05) is 20.8 Å². The lowest BCUT2D eigenvalue weighted by Crippen LogP contribution is -2.31. The van der Waals surface area contributed by atoms with Gasteiger partial charge < -0.3 is 14.4 Å². The van der Waals surface area contributed by atoms with Crippen LogP contribution in [0, 0.1) is 0 Å². The fourth-order valence-electron chi connectivity index (χ4n) is 2.33. The molecule has 0 aliphatic rings. The van der Waals surface area contributed by atoms with E-state index in [9.17, 15) is 9.59 Å². The number of rotatable bonds is 8. The Labute approximate surface area is 153 Å². The maximum absolute atomic E-state index is 12.6. The van der Waals surface area contributed by atoms with Crippen LogP contribution in [0.15, 0.2) is 54.9 Å². The summed E-state index contributed by atoms with van der Waals surface area (Å²) < 4.78 is 9.84. The van der Waals surface area contributed by atoms with Crippen molar-refractivity contribution < 1.29 is 19.1 Å². The minimum atomic E-state index is -0.356. The van der Waals surface area contributed by atoms with Crippen LogP contribution in [0.1, 0.15) is 17.5 Å². The quantitative estimate of drug-likeness (QED) is 0.538. The monoisotopic (exact) mass is 354 g/mol. The van der Waals surface area contributed by atoms with Gasteiger partial charge >= 0.3 is 5.97 Å². The Bertz CT molecular complexity index is 759. The average molecular weight is 354 g/mol. The molecule has 1 aromatic heterocycles. The van der Waals surface area contributed by atoms with Crippen LogP contribution in [-0.4, -0.2) is 42.5 Å². The van der Waals surface area contributed by atoms with E-state index in [0.717, 1.165) is 16.9 Å². The minimum absolute atomic E-state index is 0.134. The molecule has 2 aromatic rings. The van der Waals surface area contributed by atoms with Crippen LogP contribution in [0.25, 0.3) is 6.08 Å². The van der Waals surface area contributed by atoms with Crippen LogP contribution in [0.2, 0.25) is 0 Å². The van der Waals surface area contributed by atoms with Crippen LogP contribution < -0.4 is 4.74 Å². The number of ether oxygens (including phenoxy) is 2. The molecule has 0 N–H and O–H groups in total. The predicted octanol–water partition coefficient (Wildman–Crippen LogP) is 2.70. The molecular weight excluding hydrogens is 332 g/mol. The van der Waals surface area contributed by atoms with E-state index < -0.39 is 0 Å². The van der Waals surface area contributed by atoms with Crippen molar-refractivity contribution in [3.8, 4) is 5.75 Å². The SMILES string of the molecule is COC(=O)CCN(Cc1cccnc1)C(=O)/C=C/c1cccc(OC)c1. The van der Waals surface area contributed by atoms with E-state index in [2.05, 4.69) is 9.72 Å². The molecule has 0 bridgehead atoms. The Morgan fingerprint density at radius 1 is 1.19 bits per heavy atom. The van der Waals surface area contributed by atoms with E-state index >= 15 is 0 Å². The Balaban J connectivity index is 2.10. The molecule has 0 aliphatic heterocycles. The number of hydrogen-bond acceptors (Lipinski definition) is 5. The second-order valence-corrected chi connectivity index (χ2v) is 5.56. The fraction of sp³-hybridized carbons (Fsp3) is 0.250. The Morgan fingerprint density at radius 3 is 2.73 bits per heavy atom. The molecule has 1 amide bonds. The molecule has 6 nitrogen and oxygen atoms in total. The molecule has 0 atom stereocenters. The molecule has 6 heteroatoms. The summed E-state index contributed by atoms with van der Waals surface area (Å²) >= 11 is 0. The molecule has 26 heavy (non-hydrogen) atoms. The van der Waals surface area contributed by atoms with Gasteiger partial charge in [-0.1, -0.05) is 18.2 Å². The Kier molecular flexibility index (Phi) is 7.36. The molecule has 1 aromatic carbocycles. The Morgan fingerprint density at radius 2 is 2.04 bits per heavy atom. The maximum atomic E-state index is 12.6. The highest BCUT2D eigenvalue weighted by atomic mass is 16.5. The summed E-state index contributed by atoms with van der Waals surface area (Å²) in [5.41, 5.74) is 1.74. The third-order valence-corrected chi connectivity index (χ3v) is 3.73. The van der Waals surface area contributed by atoms with Crippen molar-refractivity contribution >= 4 is 18.0 Å². The van der Waals surface area contributed by atoms with Gasteiger partial charge in [-0.2, -0.15) is 0 Å². The summed E-state index contributed by atoms with van der Waals surface area (Å²) in [5, 5.41) is 0. The summed E-state index contributed by atoms with van der Waals surface area (Å²) in [5.74, 6) is 0.170. The van der Waals surface area contributed by atoms with Gasteiger partial charge in [0.1, 0.15) is 5.75 Å². The van der Waals surface area contributed by atoms with E-state index in [1.54, 1.807) is 30.5 Å². The first kappa shape index (κ1) is 19.2. The maximum Gasteiger partial charge on any atom is 0.307 e. The molecule has 0 saturated heterocycles. The lowest BCUT2D eigenvalue weighted by molar-refractivity contribution is -0.141. The van der Waals surface area contributed by atoms with Crippen molar-refractivity contribution in [3.05, 3.63) is 66.0 Å². The highest BCUT2D eigenvalue weighted by Crippen LogP contribution is 2.14. The molecule has 0 fully saturated rings. The van der Waals surface area contributed by atoms with Crippen molar-refractivity contribution in [2.24, 2.45) is 0 Å². The number of esters is 1. The first-order valence-electron chi connectivity index (χ1n) is 8.19. The van der Waals surface area contributed by atoms with Gasteiger partial charge in [0, 0.05) is 31.6 Å². The summed E-state index contributed by atoms with van der Waals surface area (Å²) in [6.45, 7) is 0.634. The van der Waals surface area contributed by atoms with Crippen molar-refractivity contribution in [2.45, 2.75) is 13.0 Å². The van der Waals surface area contributed by atoms with Gasteiger partial charge in [0.25, 0.3) is 0 Å². The van der Waals surface area contributed by atoms with Gasteiger partial charge in [-0.15, -0.1) is 0 Å². The second kappa shape index (κ2) is 9.98. The van der Waals surface area contributed by atoms with Crippen LogP contribution in [0.5, 0.6) is 5.75 Å². The summed E-state index contributed by atoms with van der Waals surface area (Å²) in [6, 6.07) is 11.1. The lowest BCUT2D eigenvalue weighted by Gasteiger charge is -2.20. The number of hydrogen-bond donors (Lipinski definition) is 0. The molecular formula is C20H22N2O4. The fourth-order valence-corrected chi connectivity index (χ4v) is 2.33. The molecule has 0 spiro atoms. The average Bonchev–Trinajstić information content (AvgIpc) is 2.69. The van der Waals surface area contributed by atoms with Crippen molar-refractivity contribution in [3.63, 3.8) is 0 Å². The van der Waals surface area contributed by atoms with Crippen molar-refractivity contribution in [1.82, 2.24) is 9.88 Å². The van der Waals surface area contributed by atoms with Gasteiger partial charge in [0.2, 0.25) is 5.91 Å². The minimum Gasteiger partial charge on any atom is -0.497 e. The number of benzene rings is 1. The number of pyridine rings is 1. The first-order valence-corrected chi connectivity index (χ1v) is 8.19. The highest BCUT2D eigenvalue weighted by Gasteiger charge is 2.14. The molecule has 0 saturated carbocycles. The van der Waals surface area contributed by atoms with Crippen molar-refractivity contribution in [1.29, 1.82) is 0 Å². The van der Waals surface area contributed by atoms with E-state index in [4.69, 9.17) is 4.74 Å². The standard InChI is InChI=1S/C20H22N2O4/c1-25-18-7-3-5-16(13-18)8-9-19(23)22(12-10-20(24)26-2)15-17-6-4-11-21-14-17/h3-9,11,13-14H,10,12,15H2,1-2H3/b9-8+. The Hall–Kier alpha value is -3.15. The zero-order chi connectivity index (χ0) is 18.8. The second-order valence-electron chi connectivity index (χ2n) is 5.56. The van der Waals surface area contributed by atoms with E-state index in [0.29, 0.717) is 6.54 Å². The number of carbonyl (C=O) groups excluding carboxylic acids is 2. The zero-order valence-electron chi connectivity index (χ0n) is 14.9. The van der Waals surface area contributed by atoms with Gasteiger partial charge in [0.15, 0.2) is 0 Å². The van der Waals surface area contributed by atoms with Crippen LogP contribution in [-0.2, 0) is 20.9 Å². The topological polar surface area (TPSA) is 68.7 Å². The van der Waals surface area contributed by atoms with Crippen LogP contribution in [0.4, 0.5) is 0 Å². The molecule has 136 valence electrons. The van der Waals surface area contributed by atoms with Gasteiger partial charge in [-0.3, -0.25) is 14.6 Å². The molecule has 2 rings (SSSR count). The molecule has 0 unspecified atom stereocenters. The number of methoxy groups -OCH3 is 2. The predicted molar refractivity (Wildman–Crippen MR) is 98.3 cm³/mol. The largest absolute Gasteiger partial charge is 0.497 e. The van der Waals surface area contributed by atoms with E-state index in [-0.39, 0.29) is 24.8 Å². The van der Waals surface area contributed by atoms with E-state index in [1.807, 2.05) is 36.4 Å². The summed E-state index contributed by atoms with van der Waals surface area (Å²) in [6.07, 6.45) is 6.72. The smallest absolute Gasteiger partial charge is 0.307 e. The lowest BCUT2D eigenvalue weighted by atomic mass is 10.2. The van der Waals surface area contributed by atoms with Gasteiger partial charge in [0.05, 0.1) is 20.6 Å². The number of amides is 1. The highest BCUT2D eigenvalue weighted by molar-refractivity contribution is 5.92. The normalized spacial score (nSPS) is 10.5. The summed E-state index contributed by atoms with van der Waals surface area (Å²) in [7, 11) is 2.93. The molecule has 1 heterocycles. The third-order valence-electron chi connectivity index (χ3n) is 3.73. The number of nitrogens with zero attached hydrogens (tertiary/aromatic N) is 2.